The molecule has 0 N–H and O–H groups in total. The van der Waals surface area contributed by atoms with Crippen LogP contribution < -0.4 is 0 Å². The van der Waals surface area contributed by atoms with E-state index in [0.717, 1.165) is 65.0 Å². The molecule has 2 fully saturated rings. The summed E-state index contributed by atoms with van der Waals surface area (Å²) in [5.41, 5.74) is -0.00942. The lowest BCUT2D eigenvalue weighted by Crippen LogP contribution is -2.58. The van der Waals surface area contributed by atoms with E-state index in [1.807, 2.05) is 0 Å². The average molecular weight is 336 g/mol. The molecule has 2 saturated heterocycles. The van der Waals surface area contributed by atoms with Crippen molar-refractivity contribution >= 4 is 5.91 Å². The lowest BCUT2D eigenvalue weighted by Gasteiger charge is -2.50. The standard InChI is InChI=1S/C19H32N2O3/c1-20(2)11-13-23-15-19-9-5-12-24-17(19)8-10-21(14-19)18(22)16-6-3-4-7-16/h3-4,16-17H,5-15H2,1-2H3/t17-,19+/m0/s1. The average Bonchev–Trinajstić information content (AvgIpc) is 3.12. The molecule has 0 unspecified atom stereocenters. The summed E-state index contributed by atoms with van der Waals surface area (Å²) < 4.78 is 12.1. The van der Waals surface area contributed by atoms with Gasteiger partial charge in [0, 0.05) is 37.6 Å². The molecule has 24 heavy (non-hydrogen) atoms. The topological polar surface area (TPSA) is 42.0 Å². The molecule has 2 aliphatic heterocycles. The summed E-state index contributed by atoms with van der Waals surface area (Å²) in [6, 6.07) is 0. The first-order chi connectivity index (χ1) is 11.6. The van der Waals surface area contributed by atoms with Crippen LogP contribution in [-0.4, -0.2) is 75.4 Å². The molecule has 0 radical (unpaired) electrons. The fraction of sp³-hybridized carbons (Fsp3) is 0.842. The SMILES string of the molecule is CN(C)CCOC[C@]12CCCO[C@H]1CCN(C(=O)C1CC=CC1)C2. The van der Waals surface area contributed by atoms with E-state index in [1.165, 1.54) is 0 Å². The van der Waals surface area contributed by atoms with E-state index in [0.29, 0.717) is 12.5 Å². The molecular formula is C19H32N2O3. The Bertz CT molecular complexity index is 458. The summed E-state index contributed by atoms with van der Waals surface area (Å²) >= 11 is 0. The summed E-state index contributed by atoms with van der Waals surface area (Å²) in [6.45, 7) is 4.86. The van der Waals surface area contributed by atoms with Crippen LogP contribution in [0.5, 0.6) is 0 Å². The predicted molar refractivity (Wildman–Crippen MR) is 93.8 cm³/mol. The second-order valence-electron chi connectivity index (χ2n) is 7.87. The maximum Gasteiger partial charge on any atom is 0.226 e. The van der Waals surface area contributed by atoms with Crippen molar-refractivity contribution in [1.29, 1.82) is 0 Å². The Labute approximate surface area is 146 Å². The minimum absolute atomic E-state index is 0.00942. The first kappa shape index (κ1) is 17.9. The van der Waals surface area contributed by atoms with Crippen molar-refractivity contribution in [3.63, 3.8) is 0 Å². The van der Waals surface area contributed by atoms with Gasteiger partial charge < -0.3 is 19.3 Å². The van der Waals surface area contributed by atoms with E-state index in [2.05, 4.69) is 36.0 Å². The monoisotopic (exact) mass is 336 g/mol. The predicted octanol–water partition coefficient (Wildman–Crippen LogP) is 1.93. The van der Waals surface area contributed by atoms with Gasteiger partial charge in [-0.15, -0.1) is 0 Å². The van der Waals surface area contributed by atoms with Crippen molar-refractivity contribution < 1.29 is 14.3 Å². The lowest BCUT2D eigenvalue weighted by molar-refractivity contribution is -0.167. The van der Waals surface area contributed by atoms with Crippen LogP contribution in [0.1, 0.15) is 32.1 Å². The van der Waals surface area contributed by atoms with Crippen molar-refractivity contribution in [1.82, 2.24) is 9.80 Å². The van der Waals surface area contributed by atoms with Gasteiger partial charge in [-0.1, -0.05) is 12.2 Å². The molecule has 0 aromatic heterocycles. The van der Waals surface area contributed by atoms with Crippen molar-refractivity contribution in [3.05, 3.63) is 12.2 Å². The van der Waals surface area contributed by atoms with Gasteiger partial charge in [-0.25, -0.2) is 0 Å². The van der Waals surface area contributed by atoms with E-state index in [9.17, 15) is 4.79 Å². The minimum Gasteiger partial charge on any atom is -0.379 e. The minimum atomic E-state index is -0.00942. The molecule has 1 amide bonds. The van der Waals surface area contributed by atoms with Gasteiger partial charge >= 0.3 is 0 Å². The summed E-state index contributed by atoms with van der Waals surface area (Å²) in [7, 11) is 4.12. The molecule has 136 valence electrons. The van der Waals surface area contributed by atoms with E-state index >= 15 is 0 Å². The molecule has 2 heterocycles. The number of hydrogen-bond donors (Lipinski definition) is 0. The van der Waals surface area contributed by atoms with Crippen molar-refractivity contribution in [2.45, 2.75) is 38.2 Å². The highest BCUT2D eigenvalue weighted by atomic mass is 16.5. The Hall–Kier alpha value is -0.910. The maximum absolute atomic E-state index is 12.8. The number of carbonyl (C=O) groups excluding carboxylic acids is 1. The number of fused-ring (bicyclic) bond motifs is 1. The molecule has 5 nitrogen and oxygen atoms in total. The van der Waals surface area contributed by atoms with E-state index in [4.69, 9.17) is 9.47 Å². The molecule has 5 heteroatoms. The van der Waals surface area contributed by atoms with Crippen LogP contribution in [0.3, 0.4) is 0 Å². The number of likely N-dealkylation sites (N-methyl/N-ethyl adjacent to an activating group) is 1. The van der Waals surface area contributed by atoms with Gasteiger partial charge in [-0.2, -0.15) is 0 Å². The van der Waals surface area contributed by atoms with Crippen LogP contribution in [0.25, 0.3) is 0 Å². The molecule has 3 rings (SSSR count). The Balaban J connectivity index is 1.61. The Morgan fingerprint density at radius 2 is 2.17 bits per heavy atom. The molecule has 0 aromatic carbocycles. The number of ether oxygens (including phenoxy) is 2. The quantitative estimate of drug-likeness (QED) is 0.549. The lowest BCUT2D eigenvalue weighted by atomic mass is 9.72. The fourth-order valence-corrected chi connectivity index (χ4v) is 4.29. The molecule has 0 bridgehead atoms. The first-order valence-corrected chi connectivity index (χ1v) is 9.39. The van der Waals surface area contributed by atoms with Crippen molar-refractivity contribution in [2.24, 2.45) is 11.3 Å². The summed E-state index contributed by atoms with van der Waals surface area (Å²) in [5, 5.41) is 0. The zero-order chi connectivity index (χ0) is 17.0. The van der Waals surface area contributed by atoms with Gasteiger partial charge in [-0.05, 0) is 46.2 Å². The van der Waals surface area contributed by atoms with Crippen LogP contribution in [0, 0.1) is 11.3 Å². The van der Waals surface area contributed by atoms with Crippen molar-refractivity contribution in [3.8, 4) is 0 Å². The molecule has 0 saturated carbocycles. The van der Waals surface area contributed by atoms with Crippen LogP contribution in [0.15, 0.2) is 12.2 Å². The zero-order valence-electron chi connectivity index (χ0n) is 15.2. The Morgan fingerprint density at radius 3 is 2.92 bits per heavy atom. The summed E-state index contributed by atoms with van der Waals surface area (Å²) in [5.74, 6) is 0.495. The van der Waals surface area contributed by atoms with Gasteiger partial charge in [0.2, 0.25) is 5.91 Å². The summed E-state index contributed by atoms with van der Waals surface area (Å²) in [6.07, 6.45) is 9.45. The van der Waals surface area contributed by atoms with Gasteiger partial charge in [0.15, 0.2) is 0 Å². The number of amides is 1. The highest BCUT2D eigenvalue weighted by Crippen LogP contribution is 2.41. The van der Waals surface area contributed by atoms with E-state index in [-0.39, 0.29) is 17.4 Å². The maximum atomic E-state index is 12.8. The molecule has 0 spiro atoms. The zero-order valence-corrected chi connectivity index (χ0v) is 15.2. The summed E-state index contributed by atoms with van der Waals surface area (Å²) in [4.78, 5) is 17.1. The Kier molecular flexibility index (Phi) is 5.95. The number of carbonyl (C=O) groups is 1. The third-order valence-corrected chi connectivity index (χ3v) is 5.73. The largest absolute Gasteiger partial charge is 0.379 e. The van der Waals surface area contributed by atoms with Crippen molar-refractivity contribution in [2.75, 3.05) is 53.6 Å². The molecule has 2 atom stereocenters. The normalized spacial score (nSPS) is 30.8. The van der Waals surface area contributed by atoms with Crippen LogP contribution in [0.2, 0.25) is 0 Å². The first-order valence-electron chi connectivity index (χ1n) is 9.39. The van der Waals surface area contributed by atoms with Gasteiger partial charge in [0.05, 0.1) is 19.3 Å². The highest BCUT2D eigenvalue weighted by molar-refractivity contribution is 5.79. The van der Waals surface area contributed by atoms with Crippen LogP contribution >= 0.6 is 0 Å². The molecule has 3 aliphatic rings. The van der Waals surface area contributed by atoms with E-state index < -0.39 is 0 Å². The number of allylic oxidation sites excluding steroid dienone is 2. The van der Waals surface area contributed by atoms with Gasteiger partial charge in [0.25, 0.3) is 0 Å². The number of likely N-dealkylation sites (tertiary alicyclic amines) is 1. The Morgan fingerprint density at radius 1 is 1.38 bits per heavy atom. The van der Waals surface area contributed by atoms with Crippen LogP contribution in [0.4, 0.5) is 0 Å². The second-order valence-corrected chi connectivity index (χ2v) is 7.87. The molecule has 0 aromatic rings. The third-order valence-electron chi connectivity index (χ3n) is 5.73. The van der Waals surface area contributed by atoms with Gasteiger partial charge in [-0.3, -0.25) is 4.79 Å². The molecular weight excluding hydrogens is 304 g/mol. The smallest absolute Gasteiger partial charge is 0.226 e. The van der Waals surface area contributed by atoms with E-state index in [1.54, 1.807) is 0 Å². The number of rotatable bonds is 6. The highest BCUT2D eigenvalue weighted by Gasteiger charge is 2.47. The number of hydrogen-bond acceptors (Lipinski definition) is 4. The number of nitrogens with zero attached hydrogens (tertiary/aromatic N) is 2. The van der Waals surface area contributed by atoms with Gasteiger partial charge in [0.1, 0.15) is 0 Å². The number of piperidine rings is 1. The molecule has 1 aliphatic carbocycles. The fourth-order valence-electron chi connectivity index (χ4n) is 4.29. The third kappa shape index (κ3) is 4.01. The second kappa shape index (κ2) is 7.98. The van der Waals surface area contributed by atoms with Crippen LogP contribution in [-0.2, 0) is 14.3 Å².